The molecule has 2 rings (SSSR count). The van der Waals surface area contributed by atoms with E-state index >= 15 is 0 Å². The van der Waals surface area contributed by atoms with Crippen molar-refractivity contribution in [3.05, 3.63) is 65.7 Å². The molecule has 1 unspecified atom stereocenters. The van der Waals surface area contributed by atoms with Crippen molar-refractivity contribution in [2.45, 2.75) is 39.3 Å². The molecule has 1 N–H and O–H groups in total. The van der Waals surface area contributed by atoms with Crippen molar-refractivity contribution in [3.8, 4) is 5.75 Å². The molecule has 2 aromatic carbocycles. The Balaban J connectivity index is 1.94. The number of nitrogens with one attached hydrogen (secondary N) is 1. The summed E-state index contributed by atoms with van der Waals surface area (Å²) in [5, 5.41) is 3.62. The van der Waals surface area contributed by atoms with Crippen molar-refractivity contribution >= 4 is 0 Å². The second kappa shape index (κ2) is 8.48. The van der Waals surface area contributed by atoms with Crippen LogP contribution >= 0.6 is 0 Å². The van der Waals surface area contributed by atoms with Gasteiger partial charge in [0.15, 0.2) is 0 Å². The zero-order valence-electron chi connectivity index (χ0n) is 13.0. The van der Waals surface area contributed by atoms with Gasteiger partial charge in [0.1, 0.15) is 5.75 Å². The quantitative estimate of drug-likeness (QED) is 0.757. The molecule has 2 aromatic rings. The van der Waals surface area contributed by atoms with Crippen LogP contribution in [0.5, 0.6) is 5.75 Å². The van der Waals surface area contributed by atoms with Crippen LogP contribution < -0.4 is 10.1 Å². The topological polar surface area (TPSA) is 21.3 Å². The molecule has 0 aliphatic rings. The Morgan fingerprint density at radius 2 is 1.67 bits per heavy atom. The molecular formula is C19H25NO. The molecule has 0 aliphatic heterocycles. The summed E-state index contributed by atoms with van der Waals surface area (Å²) in [4.78, 5) is 0. The summed E-state index contributed by atoms with van der Waals surface area (Å²) in [5.41, 5.74) is 2.64. The molecule has 1 atom stereocenters. The van der Waals surface area contributed by atoms with Crippen LogP contribution in [0.4, 0.5) is 0 Å². The average Bonchev–Trinajstić information content (AvgIpc) is 2.55. The molecule has 0 saturated heterocycles. The molecule has 0 saturated carbocycles. The standard InChI is InChI=1S/C19H25NO/c1-3-14-21-18-12-10-17(11-13-18)19(4-2)20-15-16-8-6-5-7-9-16/h5-13,19-20H,3-4,14-15H2,1-2H3. The molecule has 0 bridgehead atoms. The first-order valence-electron chi connectivity index (χ1n) is 7.83. The summed E-state index contributed by atoms with van der Waals surface area (Å²) in [6.07, 6.45) is 2.11. The number of rotatable bonds is 8. The molecule has 0 spiro atoms. The molecular weight excluding hydrogens is 258 g/mol. The van der Waals surface area contributed by atoms with Crippen molar-refractivity contribution in [1.29, 1.82) is 0 Å². The monoisotopic (exact) mass is 283 g/mol. The van der Waals surface area contributed by atoms with Crippen LogP contribution in [-0.2, 0) is 6.54 Å². The van der Waals surface area contributed by atoms with Crippen LogP contribution in [0.1, 0.15) is 43.9 Å². The van der Waals surface area contributed by atoms with Gasteiger partial charge < -0.3 is 10.1 Å². The van der Waals surface area contributed by atoms with Gasteiger partial charge in [-0.25, -0.2) is 0 Å². The van der Waals surface area contributed by atoms with Gasteiger partial charge in [-0.2, -0.15) is 0 Å². The van der Waals surface area contributed by atoms with E-state index < -0.39 is 0 Å². The lowest BCUT2D eigenvalue weighted by Gasteiger charge is -2.18. The van der Waals surface area contributed by atoms with E-state index in [-0.39, 0.29) is 0 Å². The summed E-state index contributed by atoms with van der Waals surface area (Å²) in [6, 6.07) is 19.4. The predicted molar refractivity (Wildman–Crippen MR) is 88.5 cm³/mol. The smallest absolute Gasteiger partial charge is 0.119 e. The van der Waals surface area contributed by atoms with E-state index in [9.17, 15) is 0 Å². The maximum atomic E-state index is 5.63. The largest absolute Gasteiger partial charge is 0.494 e. The summed E-state index contributed by atoms with van der Waals surface area (Å²) in [5.74, 6) is 0.957. The highest BCUT2D eigenvalue weighted by atomic mass is 16.5. The zero-order valence-corrected chi connectivity index (χ0v) is 13.0. The van der Waals surface area contributed by atoms with E-state index in [1.165, 1.54) is 11.1 Å². The minimum atomic E-state index is 0.380. The Kier molecular flexibility index (Phi) is 6.29. The lowest BCUT2D eigenvalue weighted by Crippen LogP contribution is -2.20. The van der Waals surface area contributed by atoms with Gasteiger partial charge in [-0.1, -0.05) is 56.3 Å². The molecule has 2 nitrogen and oxygen atoms in total. The second-order valence-corrected chi connectivity index (χ2v) is 5.24. The summed E-state index contributed by atoms with van der Waals surface area (Å²) >= 11 is 0. The molecule has 0 fully saturated rings. The van der Waals surface area contributed by atoms with Crippen molar-refractivity contribution in [2.24, 2.45) is 0 Å². The van der Waals surface area contributed by atoms with Gasteiger partial charge in [-0.05, 0) is 36.1 Å². The fourth-order valence-corrected chi connectivity index (χ4v) is 2.35. The van der Waals surface area contributed by atoms with Crippen LogP contribution in [0.3, 0.4) is 0 Å². The third kappa shape index (κ3) is 4.91. The van der Waals surface area contributed by atoms with Gasteiger partial charge in [0.25, 0.3) is 0 Å². The first-order chi connectivity index (χ1) is 10.3. The molecule has 0 radical (unpaired) electrons. The Labute approximate surface area is 128 Å². The first-order valence-corrected chi connectivity index (χ1v) is 7.83. The van der Waals surface area contributed by atoms with Crippen LogP contribution in [-0.4, -0.2) is 6.61 Å². The third-order valence-electron chi connectivity index (χ3n) is 3.56. The lowest BCUT2D eigenvalue weighted by molar-refractivity contribution is 0.317. The van der Waals surface area contributed by atoms with Crippen molar-refractivity contribution in [2.75, 3.05) is 6.61 Å². The third-order valence-corrected chi connectivity index (χ3v) is 3.56. The van der Waals surface area contributed by atoms with Crippen LogP contribution in [0.2, 0.25) is 0 Å². The van der Waals surface area contributed by atoms with Gasteiger partial charge in [-0.3, -0.25) is 0 Å². The molecule has 21 heavy (non-hydrogen) atoms. The van der Waals surface area contributed by atoms with E-state index in [1.54, 1.807) is 0 Å². The summed E-state index contributed by atoms with van der Waals surface area (Å²) in [7, 11) is 0. The molecule has 0 amide bonds. The number of hydrogen-bond donors (Lipinski definition) is 1. The minimum absolute atomic E-state index is 0.380. The van der Waals surface area contributed by atoms with E-state index in [0.29, 0.717) is 6.04 Å². The summed E-state index contributed by atoms with van der Waals surface area (Å²) in [6.45, 7) is 6.01. The number of ether oxygens (including phenoxy) is 1. The van der Waals surface area contributed by atoms with E-state index in [1.807, 2.05) is 0 Å². The highest BCUT2D eigenvalue weighted by Gasteiger charge is 2.08. The minimum Gasteiger partial charge on any atom is -0.494 e. The SMILES string of the molecule is CCCOc1ccc(C(CC)NCc2ccccc2)cc1. The normalized spacial score (nSPS) is 12.1. The number of hydrogen-bond acceptors (Lipinski definition) is 2. The van der Waals surface area contributed by atoms with Gasteiger partial charge >= 0.3 is 0 Å². The average molecular weight is 283 g/mol. The van der Waals surface area contributed by atoms with Crippen LogP contribution in [0.15, 0.2) is 54.6 Å². The highest BCUT2D eigenvalue weighted by molar-refractivity contribution is 5.29. The van der Waals surface area contributed by atoms with E-state index in [4.69, 9.17) is 4.74 Å². The lowest BCUT2D eigenvalue weighted by atomic mass is 10.0. The molecule has 112 valence electrons. The van der Waals surface area contributed by atoms with Crippen molar-refractivity contribution in [3.63, 3.8) is 0 Å². The zero-order chi connectivity index (χ0) is 14.9. The Bertz CT molecular complexity index is 507. The fourth-order valence-electron chi connectivity index (χ4n) is 2.35. The first kappa shape index (κ1) is 15.6. The molecule has 0 aromatic heterocycles. The molecule has 0 aliphatic carbocycles. The maximum absolute atomic E-state index is 5.63. The Morgan fingerprint density at radius 1 is 0.952 bits per heavy atom. The highest BCUT2D eigenvalue weighted by Crippen LogP contribution is 2.21. The van der Waals surface area contributed by atoms with E-state index in [2.05, 4.69) is 73.8 Å². The van der Waals surface area contributed by atoms with Crippen LogP contribution in [0.25, 0.3) is 0 Å². The predicted octanol–water partition coefficient (Wildman–Crippen LogP) is 4.72. The Morgan fingerprint density at radius 3 is 2.29 bits per heavy atom. The molecule has 2 heteroatoms. The number of benzene rings is 2. The van der Waals surface area contributed by atoms with Crippen LogP contribution in [0, 0.1) is 0 Å². The summed E-state index contributed by atoms with van der Waals surface area (Å²) < 4.78 is 5.63. The van der Waals surface area contributed by atoms with Gasteiger partial charge in [0, 0.05) is 12.6 Å². The fraction of sp³-hybridized carbons (Fsp3) is 0.368. The van der Waals surface area contributed by atoms with Crippen molar-refractivity contribution in [1.82, 2.24) is 5.32 Å². The second-order valence-electron chi connectivity index (χ2n) is 5.24. The van der Waals surface area contributed by atoms with Crippen molar-refractivity contribution < 1.29 is 4.74 Å². The maximum Gasteiger partial charge on any atom is 0.119 e. The Hall–Kier alpha value is -1.80. The van der Waals surface area contributed by atoms with Gasteiger partial charge in [0.05, 0.1) is 6.61 Å². The van der Waals surface area contributed by atoms with Gasteiger partial charge in [0.2, 0.25) is 0 Å². The van der Waals surface area contributed by atoms with Gasteiger partial charge in [-0.15, -0.1) is 0 Å². The molecule has 0 heterocycles. The van der Waals surface area contributed by atoms with E-state index in [0.717, 1.165) is 31.7 Å².